The lowest BCUT2D eigenvalue weighted by Crippen LogP contribution is -2.68. The van der Waals surface area contributed by atoms with Gasteiger partial charge in [-0.15, -0.1) is 10.2 Å². The van der Waals surface area contributed by atoms with E-state index in [9.17, 15) is 0 Å². The molecule has 0 radical (unpaired) electrons. The Bertz CT molecular complexity index is 77.0. The molecule has 0 saturated carbocycles. The van der Waals surface area contributed by atoms with Crippen molar-refractivity contribution in [3.05, 3.63) is 0 Å². The topological polar surface area (TPSA) is 116 Å². The highest BCUT2D eigenvalue weighted by molar-refractivity contribution is 7.64. The highest BCUT2D eigenvalue weighted by atomic mass is 35.7. The number of nitriles is 1. The molecule has 0 bridgehead atoms. The minimum Gasteiger partial charge on any atom is -0.696 e. The molecule has 7 heteroatoms. The summed E-state index contributed by atoms with van der Waals surface area (Å²) in [5, 5.41) is 8.47. The van der Waals surface area contributed by atoms with Crippen LogP contribution in [0.5, 0.6) is 0 Å². The number of thiocyanates is 1. The van der Waals surface area contributed by atoms with Crippen molar-refractivity contribution in [1.29, 1.82) is 5.26 Å². The minimum absolute atomic E-state index is 1.33. The molecular weight excluding hydrogens is 158 g/mol. The van der Waals surface area contributed by atoms with E-state index < -0.39 is 10.2 Å². The number of halogens is 1. The maximum absolute atomic E-state index is 8.49. The second-order valence-corrected chi connectivity index (χ2v) is 1.41. The van der Waals surface area contributed by atoms with Gasteiger partial charge in [-0.25, -0.2) is 23.9 Å². The van der Waals surface area contributed by atoms with Crippen LogP contribution in [0.1, 0.15) is 0 Å². The van der Waals surface area contributed by atoms with Crippen molar-refractivity contribution in [1.82, 2.24) is 0 Å². The van der Waals surface area contributed by atoms with Crippen LogP contribution in [-0.2, 0) is 12.6 Å². The average Bonchev–Trinajstić information content (AvgIpc) is 1.27. The Balaban J connectivity index is 0. The zero-order valence-corrected chi connectivity index (χ0v) is 4.94. The van der Waals surface area contributed by atoms with Crippen LogP contribution < -0.4 is 18.6 Å². The number of rotatable bonds is 0. The van der Waals surface area contributed by atoms with Gasteiger partial charge in [0, 0.05) is 0 Å². The molecule has 48 valence electrons. The van der Waals surface area contributed by atoms with Gasteiger partial charge in [-0.1, -0.05) is 5.40 Å². The van der Waals surface area contributed by atoms with E-state index in [-0.39, 0.29) is 0 Å². The monoisotopic (exact) mass is 157 g/mol. The smallest absolute Gasteiger partial charge is 0.0797 e. The van der Waals surface area contributed by atoms with E-state index in [1.54, 1.807) is 0 Å². The largest absolute Gasteiger partial charge is 0.696 e. The van der Waals surface area contributed by atoms with E-state index in [0.29, 0.717) is 0 Å². The van der Waals surface area contributed by atoms with E-state index in [0.717, 1.165) is 0 Å². The summed E-state index contributed by atoms with van der Waals surface area (Å²) in [5.74, 6) is 0. The molecule has 0 aliphatic carbocycles. The molecule has 0 aromatic rings. The molecule has 0 atom stereocenters. The molecular formula is CClNO4S-2. The van der Waals surface area contributed by atoms with Crippen molar-refractivity contribution in [2.24, 2.45) is 0 Å². The van der Waals surface area contributed by atoms with Crippen molar-refractivity contribution >= 4 is 12.6 Å². The third kappa shape index (κ3) is 5340. The van der Waals surface area contributed by atoms with E-state index in [1.165, 1.54) is 5.40 Å². The predicted molar refractivity (Wildman–Crippen MR) is 13.0 cm³/mol. The van der Waals surface area contributed by atoms with Crippen LogP contribution in [0, 0.1) is 20.9 Å². The Hall–Kier alpha value is -0.160. The summed E-state index contributed by atoms with van der Waals surface area (Å²) < 4.78 is 34.0. The molecule has 0 aromatic heterocycles. The van der Waals surface area contributed by atoms with Gasteiger partial charge in [0.1, 0.15) is 0 Å². The average molecular weight is 158 g/mol. The molecule has 0 spiro atoms. The van der Waals surface area contributed by atoms with Gasteiger partial charge in [-0.05, 0) is 0 Å². The summed E-state index contributed by atoms with van der Waals surface area (Å²) in [6, 6.07) is 0. The van der Waals surface area contributed by atoms with E-state index >= 15 is 0 Å². The fraction of sp³-hybridized carbons (Fsp3) is 0. The van der Waals surface area contributed by atoms with Crippen LogP contribution >= 0.6 is 0 Å². The molecule has 0 aliphatic heterocycles. The van der Waals surface area contributed by atoms with Gasteiger partial charge in [0.15, 0.2) is 0 Å². The summed E-state index contributed by atoms with van der Waals surface area (Å²) in [4.78, 5) is 0. The highest BCUT2D eigenvalue weighted by Gasteiger charge is 1.84. The van der Waals surface area contributed by atoms with Crippen LogP contribution in [0.4, 0.5) is 0 Å². The van der Waals surface area contributed by atoms with Gasteiger partial charge in [0.25, 0.3) is 0 Å². The van der Waals surface area contributed by atoms with Crippen molar-refractivity contribution in [3.63, 3.8) is 0 Å². The van der Waals surface area contributed by atoms with Gasteiger partial charge in [0.2, 0.25) is 0 Å². The SMILES string of the molecule is N#C[S-].[O-][Cl+3]([O-])([O-])[O-]. The molecule has 0 fully saturated rings. The fourth-order valence-corrected chi connectivity index (χ4v) is 0. The maximum Gasteiger partial charge on any atom is -0.0797 e. The molecule has 5 nitrogen and oxygen atoms in total. The van der Waals surface area contributed by atoms with Crippen LogP contribution in [0.15, 0.2) is 0 Å². The van der Waals surface area contributed by atoms with Crippen molar-refractivity contribution in [3.8, 4) is 5.40 Å². The molecule has 8 heavy (non-hydrogen) atoms. The standard InChI is InChI=1S/CHNS.ClHO4/c2-1-3;2-1(3,4)5/h3H;(H,2,3,4,5)/p-2. The van der Waals surface area contributed by atoms with Crippen molar-refractivity contribution < 1.29 is 28.9 Å². The van der Waals surface area contributed by atoms with Gasteiger partial charge < -0.3 is 12.6 Å². The summed E-state index contributed by atoms with van der Waals surface area (Å²) in [6.45, 7) is 0. The van der Waals surface area contributed by atoms with Gasteiger partial charge in [-0.2, -0.15) is 0 Å². The lowest BCUT2D eigenvalue weighted by atomic mass is 11.8. The molecule has 0 rings (SSSR count). The van der Waals surface area contributed by atoms with Gasteiger partial charge >= 0.3 is 0 Å². The quantitative estimate of drug-likeness (QED) is 0.258. The first-order chi connectivity index (χ1) is 3.41. The van der Waals surface area contributed by atoms with Gasteiger partial charge in [-0.3, -0.25) is 0 Å². The van der Waals surface area contributed by atoms with Crippen LogP contribution in [0.2, 0.25) is 0 Å². The Kier molecular flexibility index (Phi) is 6.70. The first-order valence-electron chi connectivity index (χ1n) is 1.04. The summed E-state index contributed by atoms with van der Waals surface area (Å²) in [5.41, 5.74) is 0. The van der Waals surface area contributed by atoms with E-state index in [1.807, 2.05) is 0 Å². The second kappa shape index (κ2) is 4.99. The van der Waals surface area contributed by atoms with E-state index in [4.69, 9.17) is 23.9 Å². The third-order valence-corrected chi connectivity index (χ3v) is 0. The van der Waals surface area contributed by atoms with Gasteiger partial charge in [0.05, 0.1) is 0 Å². The lowest BCUT2D eigenvalue weighted by molar-refractivity contribution is -2.00. The molecule has 0 amide bonds. The van der Waals surface area contributed by atoms with Crippen LogP contribution in [-0.4, -0.2) is 0 Å². The maximum atomic E-state index is 8.49. The molecule has 0 aromatic carbocycles. The third-order valence-electron chi connectivity index (χ3n) is 0. The zero-order chi connectivity index (χ0) is 7.21. The second-order valence-electron chi connectivity index (χ2n) is 0.469. The Labute approximate surface area is 52.9 Å². The highest BCUT2D eigenvalue weighted by Crippen LogP contribution is 1.49. The minimum atomic E-state index is -4.94. The molecule has 0 aliphatic rings. The molecule has 0 N–H and O–H groups in total. The first-order valence-corrected chi connectivity index (χ1v) is 2.69. The Morgan fingerprint density at radius 1 is 1.25 bits per heavy atom. The normalized spacial score (nSPS) is 8.38. The number of hydrogen-bond donors (Lipinski definition) is 0. The predicted octanol–water partition coefficient (Wildman–Crippen LogP) is -4.74. The molecule has 0 unspecified atom stereocenters. The van der Waals surface area contributed by atoms with E-state index in [2.05, 4.69) is 12.6 Å². The van der Waals surface area contributed by atoms with Crippen molar-refractivity contribution in [2.75, 3.05) is 0 Å². The number of hydrogen-bond acceptors (Lipinski definition) is 6. The van der Waals surface area contributed by atoms with Crippen LogP contribution in [0.25, 0.3) is 0 Å². The molecule has 0 saturated heterocycles. The molecule has 0 heterocycles. The summed E-state index contributed by atoms with van der Waals surface area (Å²) in [7, 11) is -4.94. The fourth-order valence-electron chi connectivity index (χ4n) is 0. The Morgan fingerprint density at radius 2 is 1.25 bits per heavy atom. The first kappa shape index (κ1) is 10.8. The lowest BCUT2D eigenvalue weighted by Gasteiger charge is -2.17. The van der Waals surface area contributed by atoms with Crippen molar-refractivity contribution in [2.45, 2.75) is 0 Å². The zero-order valence-electron chi connectivity index (χ0n) is 3.37. The summed E-state index contributed by atoms with van der Waals surface area (Å²) in [6.07, 6.45) is 0. The van der Waals surface area contributed by atoms with Crippen LogP contribution in [0.3, 0.4) is 0 Å². The Morgan fingerprint density at radius 3 is 1.25 bits per heavy atom. The summed E-state index contributed by atoms with van der Waals surface area (Å²) >= 11 is 3.70. The number of nitrogens with zero attached hydrogens (tertiary/aromatic N) is 1.